The fourth-order valence-corrected chi connectivity index (χ4v) is 3.97. The van der Waals surface area contributed by atoms with Gasteiger partial charge in [0, 0.05) is 29.2 Å². The van der Waals surface area contributed by atoms with Gasteiger partial charge < -0.3 is 10.2 Å². The Morgan fingerprint density at radius 3 is 2.85 bits per heavy atom. The van der Waals surface area contributed by atoms with Gasteiger partial charge in [0.2, 0.25) is 0 Å². The number of hydrogen-bond donors (Lipinski definition) is 1. The quantitative estimate of drug-likeness (QED) is 0.832. The van der Waals surface area contributed by atoms with Gasteiger partial charge in [-0.3, -0.25) is 0 Å². The van der Waals surface area contributed by atoms with Crippen molar-refractivity contribution in [3.63, 3.8) is 0 Å². The van der Waals surface area contributed by atoms with Crippen molar-refractivity contribution in [1.29, 1.82) is 0 Å². The van der Waals surface area contributed by atoms with Crippen LogP contribution in [0, 0.1) is 5.92 Å². The Balaban J connectivity index is 1.84. The second-order valence-corrected chi connectivity index (χ2v) is 7.06. The van der Waals surface area contributed by atoms with Crippen LogP contribution in [-0.2, 0) is 13.1 Å². The molecule has 0 radical (unpaired) electrons. The predicted octanol–water partition coefficient (Wildman–Crippen LogP) is 3.85. The van der Waals surface area contributed by atoms with Crippen LogP contribution in [0.25, 0.3) is 10.1 Å². The van der Waals surface area contributed by atoms with E-state index in [4.69, 9.17) is 0 Å². The molecule has 1 aromatic heterocycles. The molecule has 0 aliphatic heterocycles. The van der Waals surface area contributed by atoms with E-state index in [1.807, 2.05) is 11.3 Å². The number of thiophene rings is 1. The lowest BCUT2D eigenvalue weighted by Crippen LogP contribution is -2.21. The largest absolute Gasteiger partial charge is 0.312 e. The monoisotopic (exact) mass is 288 g/mol. The average molecular weight is 288 g/mol. The lowest BCUT2D eigenvalue weighted by Gasteiger charge is -2.17. The van der Waals surface area contributed by atoms with Crippen molar-refractivity contribution < 1.29 is 0 Å². The molecule has 0 atom stereocenters. The van der Waals surface area contributed by atoms with Gasteiger partial charge in [0.05, 0.1) is 0 Å². The van der Waals surface area contributed by atoms with Crippen molar-refractivity contribution in [2.75, 3.05) is 20.1 Å². The van der Waals surface area contributed by atoms with Crippen LogP contribution in [0.4, 0.5) is 0 Å². The van der Waals surface area contributed by atoms with Gasteiger partial charge in [-0.1, -0.05) is 25.1 Å². The fourth-order valence-electron chi connectivity index (χ4n) is 2.78. The first-order valence-electron chi connectivity index (χ1n) is 7.66. The minimum absolute atomic E-state index is 0.960. The number of benzene rings is 1. The molecule has 0 saturated heterocycles. The molecule has 1 aliphatic rings. The topological polar surface area (TPSA) is 15.3 Å². The summed E-state index contributed by atoms with van der Waals surface area (Å²) in [6.07, 6.45) is 2.86. The molecule has 2 nitrogen and oxygen atoms in total. The maximum Gasteiger partial charge on any atom is 0.0349 e. The van der Waals surface area contributed by atoms with Crippen LogP contribution in [0.1, 0.15) is 30.2 Å². The zero-order chi connectivity index (χ0) is 13.9. The van der Waals surface area contributed by atoms with Crippen molar-refractivity contribution in [2.24, 2.45) is 5.92 Å². The van der Waals surface area contributed by atoms with Gasteiger partial charge in [-0.2, -0.15) is 0 Å². The maximum absolute atomic E-state index is 3.48. The summed E-state index contributed by atoms with van der Waals surface area (Å²) in [7, 11) is 2.27. The van der Waals surface area contributed by atoms with Crippen LogP contribution in [0.3, 0.4) is 0 Å². The third-order valence-electron chi connectivity index (χ3n) is 4.01. The van der Waals surface area contributed by atoms with Crippen molar-refractivity contribution >= 4 is 21.4 Å². The Bertz CT molecular complexity index is 571. The Labute approximate surface area is 125 Å². The standard InChI is InChI=1S/C17H24N2S/c1-3-18-10-17-15(12-19(2)11-13-8-9-13)14-6-4-5-7-16(14)20-17/h4-7,13,18H,3,8-12H2,1-2H3. The summed E-state index contributed by atoms with van der Waals surface area (Å²) in [5.41, 5.74) is 1.54. The van der Waals surface area contributed by atoms with E-state index in [1.54, 1.807) is 0 Å². The predicted molar refractivity (Wildman–Crippen MR) is 88.3 cm³/mol. The molecule has 3 rings (SSSR count). The van der Waals surface area contributed by atoms with Gasteiger partial charge in [-0.05, 0) is 49.4 Å². The number of fused-ring (bicyclic) bond motifs is 1. The molecule has 108 valence electrons. The summed E-state index contributed by atoms with van der Waals surface area (Å²) in [6, 6.07) is 8.84. The van der Waals surface area contributed by atoms with E-state index in [1.165, 1.54) is 39.9 Å². The van der Waals surface area contributed by atoms with Crippen molar-refractivity contribution in [3.05, 3.63) is 34.7 Å². The summed E-state index contributed by atoms with van der Waals surface area (Å²) in [6.45, 7) is 6.55. The highest BCUT2D eigenvalue weighted by molar-refractivity contribution is 7.19. The van der Waals surface area contributed by atoms with Crippen LogP contribution >= 0.6 is 11.3 Å². The van der Waals surface area contributed by atoms with Gasteiger partial charge in [0.25, 0.3) is 0 Å². The molecular weight excluding hydrogens is 264 g/mol. The normalized spacial score (nSPS) is 15.3. The van der Waals surface area contributed by atoms with Crippen LogP contribution in [0.5, 0.6) is 0 Å². The molecule has 0 unspecified atom stereocenters. The number of rotatable bonds is 7. The van der Waals surface area contributed by atoms with E-state index in [9.17, 15) is 0 Å². The van der Waals surface area contributed by atoms with E-state index >= 15 is 0 Å². The lowest BCUT2D eigenvalue weighted by atomic mass is 10.1. The molecule has 0 amide bonds. The minimum atomic E-state index is 0.960. The Morgan fingerprint density at radius 1 is 1.30 bits per heavy atom. The smallest absolute Gasteiger partial charge is 0.0349 e. The molecule has 1 aliphatic carbocycles. The highest BCUT2D eigenvalue weighted by Crippen LogP contribution is 2.34. The third kappa shape index (κ3) is 3.22. The van der Waals surface area contributed by atoms with Gasteiger partial charge in [0.15, 0.2) is 0 Å². The lowest BCUT2D eigenvalue weighted by molar-refractivity contribution is 0.313. The molecule has 1 aromatic carbocycles. The average Bonchev–Trinajstić information content (AvgIpc) is 3.19. The molecule has 0 spiro atoms. The van der Waals surface area contributed by atoms with E-state index in [0.29, 0.717) is 0 Å². The maximum atomic E-state index is 3.48. The highest BCUT2D eigenvalue weighted by Gasteiger charge is 2.23. The summed E-state index contributed by atoms with van der Waals surface area (Å²) in [5.74, 6) is 0.960. The first-order valence-corrected chi connectivity index (χ1v) is 8.48. The molecule has 2 aromatic rings. The van der Waals surface area contributed by atoms with Gasteiger partial charge in [-0.25, -0.2) is 0 Å². The second kappa shape index (κ2) is 6.25. The van der Waals surface area contributed by atoms with Crippen molar-refractivity contribution in [2.45, 2.75) is 32.9 Å². The highest BCUT2D eigenvalue weighted by atomic mass is 32.1. The zero-order valence-electron chi connectivity index (χ0n) is 12.5. The van der Waals surface area contributed by atoms with Crippen LogP contribution in [0.15, 0.2) is 24.3 Å². The summed E-state index contributed by atoms with van der Waals surface area (Å²) >= 11 is 1.95. The molecule has 0 bridgehead atoms. The molecule has 1 fully saturated rings. The zero-order valence-corrected chi connectivity index (χ0v) is 13.3. The second-order valence-electron chi connectivity index (χ2n) is 5.92. The van der Waals surface area contributed by atoms with E-state index in [-0.39, 0.29) is 0 Å². The first kappa shape index (κ1) is 14.1. The molecule has 1 saturated carbocycles. The number of nitrogens with one attached hydrogen (secondary N) is 1. The van der Waals surface area contributed by atoms with Crippen LogP contribution in [-0.4, -0.2) is 25.0 Å². The van der Waals surface area contributed by atoms with Gasteiger partial charge in [-0.15, -0.1) is 11.3 Å². The van der Waals surface area contributed by atoms with Crippen LogP contribution < -0.4 is 5.32 Å². The molecule has 3 heteroatoms. The van der Waals surface area contributed by atoms with E-state index < -0.39 is 0 Å². The molecule has 1 N–H and O–H groups in total. The summed E-state index contributed by atoms with van der Waals surface area (Å²) in [5, 5.41) is 4.94. The summed E-state index contributed by atoms with van der Waals surface area (Å²) < 4.78 is 1.43. The molecule has 1 heterocycles. The molecule has 20 heavy (non-hydrogen) atoms. The Kier molecular flexibility index (Phi) is 4.39. The van der Waals surface area contributed by atoms with Gasteiger partial charge in [0.1, 0.15) is 0 Å². The Morgan fingerprint density at radius 2 is 2.10 bits per heavy atom. The SMILES string of the molecule is CCNCc1sc2ccccc2c1CN(C)CC1CC1. The Hall–Kier alpha value is -0.900. The van der Waals surface area contributed by atoms with Gasteiger partial charge >= 0.3 is 0 Å². The summed E-state index contributed by atoms with van der Waals surface area (Å²) in [4.78, 5) is 4.01. The van der Waals surface area contributed by atoms with E-state index in [2.05, 4.69) is 48.5 Å². The number of nitrogens with zero attached hydrogens (tertiary/aromatic N) is 1. The van der Waals surface area contributed by atoms with Crippen molar-refractivity contribution in [3.8, 4) is 0 Å². The fraction of sp³-hybridized carbons (Fsp3) is 0.529. The van der Waals surface area contributed by atoms with Crippen LogP contribution in [0.2, 0.25) is 0 Å². The number of hydrogen-bond acceptors (Lipinski definition) is 3. The minimum Gasteiger partial charge on any atom is -0.312 e. The first-order chi connectivity index (χ1) is 9.78. The van der Waals surface area contributed by atoms with Crippen molar-refractivity contribution in [1.82, 2.24) is 10.2 Å². The molecular formula is C17H24N2S. The third-order valence-corrected chi connectivity index (χ3v) is 5.23. The van der Waals surface area contributed by atoms with E-state index in [0.717, 1.165) is 25.6 Å².